The van der Waals surface area contributed by atoms with Crippen LogP contribution in [-0.2, 0) is 9.59 Å². The highest BCUT2D eigenvalue weighted by molar-refractivity contribution is 9.10. The van der Waals surface area contributed by atoms with Crippen molar-refractivity contribution in [3.05, 3.63) is 44.7 Å². The Bertz CT molecular complexity index is 1270. The van der Waals surface area contributed by atoms with Gasteiger partial charge in [-0.2, -0.15) is 0 Å². The Labute approximate surface area is 247 Å². The molecule has 4 aliphatic rings. The maximum Gasteiger partial charge on any atom is 0.176 e. The number of terminal acetylenes is 1. The molecule has 3 aliphatic carbocycles. The fraction of sp³-hybridized carbons (Fsp3) is 0.588. The molecule has 1 heterocycles. The molecule has 40 heavy (non-hydrogen) atoms. The van der Waals surface area contributed by atoms with Crippen molar-refractivity contribution in [2.24, 2.45) is 10.8 Å². The predicted molar refractivity (Wildman–Crippen MR) is 161 cm³/mol. The number of Topliss-reactive ketones (excluding diaryl/α,β-unsaturated/α-hetero) is 2. The summed E-state index contributed by atoms with van der Waals surface area (Å²) in [5, 5.41) is 0. The zero-order valence-electron chi connectivity index (χ0n) is 24.6. The zero-order chi connectivity index (χ0) is 28.8. The van der Waals surface area contributed by atoms with Crippen LogP contribution in [-0.4, -0.2) is 35.7 Å². The average Bonchev–Trinajstić information content (AvgIpc) is 2.86. The molecule has 0 spiro atoms. The zero-order valence-corrected chi connectivity index (χ0v) is 26.2. The van der Waals surface area contributed by atoms with Crippen molar-refractivity contribution in [1.29, 1.82) is 0 Å². The Hall–Kier alpha value is -2.52. The number of halogens is 1. The lowest BCUT2D eigenvalue weighted by Gasteiger charge is -2.52. The minimum atomic E-state index is -0.422. The second-order valence-corrected chi connectivity index (χ2v) is 14.3. The monoisotopic (exact) mass is 607 g/mol. The van der Waals surface area contributed by atoms with Crippen LogP contribution in [0.1, 0.15) is 104 Å². The van der Waals surface area contributed by atoms with E-state index in [-0.39, 0.29) is 29.0 Å². The highest BCUT2D eigenvalue weighted by atomic mass is 79.9. The summed E-state index contributed by atoms with van der Waals surface area (Å²) < 4.78 is 12.6. The lowest BCUT2D eigenvalue weighted by Crippen LogP contribution is -2.48. The van der Waals surface area contributed by atoms with E-state index >= 15 is 0 Å². The van der Waals surface area contributed by atoms with Gasteiger partial charge >= 0.3 is 0 Å². The van der Waals surface area contributed by atoms with Gasteiger partial charge in [0.05, 0.1) is 11.1 Å². The summed E-state index contributed by atoms with van der Waals surface area (Å²) in [6.07, 6.45) is 13.9. The minimum Gasteiger partial charge on any atom is -0.490 e. The molecule has 6 heteroatoms. The smallest absolute Gasteiger partial charge is 0.176 e. The molecule has 214 valence electrons. The summed E-state index contributed by atoms with van der Waals surface area (Å²) in [6, 6.07) is 4.28. The van der Waals surface area contributed by atoms with Gasteiger partial charge in [-0.3, -0.25) is 9.59 Å². The van der Waals surface area contributed by atoms with Gasteiger partial charge in [0, 0.05) is 47.3 Å². The van der Waals surface area contributed by atoms with E-state index in [9.17, 15) is 9.59 Å². The molecule has 1 aromatic carbocycles. The molecule has 0 radical (unpaired) electrons. The molecule has 0 unspecified atom stereocenters. The number of ether oxygens (including phenoxy) is 2. The number of benzene rings is 1. The fourth-order valence-corrected chi connectivity index (χ4v) is 7.95. The average molecular weight is 609 g/mol. The molecule has 1 saturated carbocycles. The van der Waals surface area contributed by atoms with E-state index in [2.05, 4.69) is 54.4 Å². The summed E-state index contributed by atoms with van der Waals surface area (Å²) in [7, 11) is 0. The van der Waals surface area contributed by atoms with E-state index in [0.29, 0.717) is 41.5 Å². The molecule has 0 bridgehead atoms. The maximum absolute atomic E-state index is 14.2. The highest BCUT2D eigenvalue weighted by Gasteiger charge is 2.50. The lowest BCUT2D eigenvalue weighted by atomic mass is 9.63. The van der Waals surface area contributed by atoms with E-state index in [4.69, 9.17) is 15.9 Å². The van der Waals surface area contributed by atoms with Gasteiger partial charge < -0.3 is 14.4 Å². The van der Waals surface area contributed by atoms with Gasteiger partial charge in [0.25, 0.3) is 0 Å². The van der Waals surface area contributed by atoms with E-state index in [1.165, 1.54) is 19.3 Å². The largest absolute Gasteiger partial charge is 0.490 e. The van der Waals surface area contributed by atoms with Crippen LogP contribution in [0, 0.1) is 23.2 Å². The lowest BCUT2D eigenvalue weighted by molar-refractivity contribution is -0.119. The Morgan fingerprint density at radius 1 is 0.925 bits per heavy atom. The molecule has 1 fully saturated rings. The first-order valence-electron chi connectivity index (χ1n) is 14.8. The van der Waals surface area contributed by atoms with Crippen LogP contribution in [0.5, 0.6) is 11.5 Å². The standard InChI is InChI=1S/C34H42BrNO4/c1-7-14-40-32-23(35)15-21(16-28(32)39-8-2)29-30-24(17-33(3,4)19-26(30)37)36(22-12-10-9-11-13-22)25-18-34(5,6)20-27(38)31(25)29/h1,15-16,22,29H,8-14,17-20H2,2-6H3. The Kier molecular flexibility index (Phi) is 8.00. The first kappa shape index (κ1) is 29.0. The third kappa shape index (κ3) is 5.39. The van der Waals surface area contributed by atoms with Crippen molar-refractivity contribution >= 4 is 27.5 Å². The van der Waals surface area contributed by atoms with Gasteiger partial charge in [-0.1, -0.05) is 52.9 Å². The van der Waals surface area contributed by atoms with Crippen LogP contribution in [0.2, 0.25) is 0 Å². The number of carbonyl (C=O) groups excluding carboxylic acids is 2. The van der Waals surface area contributed by atoms with Crippen molar-refractivity contribution in [2.75, 3.05) is 13.2 Å². The minimum absolute atomic E-state index is 0.115. The van der Waals surface area contributed by atoms with Crippen molar-refractivity contribution in [3.8, 4) is 23.8 Å². The van der Waals surface area contributed by atoms with Gasteiger partial charge in [0.1, 0.15) is 6.61 Å². The normalized spacial score (nSPS) is 23.1. The maximum atomic E-state index is 14.2. The number of allylic oxidation sites excluding steroid dienone is 4. The van der Waals surface area contributed by atoms with Gasteiger partial charge in [-0.15, -0.1) is 6.42 Å². The Morgan fingerprint density at radius 2 is 1.50 bits per heavy atom. The van der Waals surface area contributed by atoms with Crippen LogP contribution >= 0.6 is 15.9 Å². The van der Waals surface area contributed by atoms with E-state index in [1.807, 2.05) is 19.1 Å². The summed E-state index contributed by atoms with van der Waals surface area (Å²) in [5.41, 5.74) is 4.51. The van der Waals surface area contributed by atoms with Crippen LogP contribution in [0.15, 0.2) is 39.1 Å². The number of nitrogens with zero attached hydrogens (tertiary/aromatic N) is 1. The van der Waals surface area contributed by atoms with E-state index in [0.717, 1.165) is 53.8 Å². The number of hydrogen-bond acceptors (Lipinski definition) is 5. The first-order chi connectivity index (χ1) is 19.0. The van der Waals surface area contributed by atoms with Crippen LogP contribution in [0.4, 0.5) is 0 Å². The van der Waals surface area contributed by atoms with Gasteiger partial charge in [0.2, 0.25) is 0 Å². The number of hydrogen-bond donors (Lipinski definition) is 0. The summed E-state index contributed by atoms with van der Waals surface area (Å²) >= 11 is 3.70. The quantitative estimate of drug-likeness (QED) is 0.308. The number of ketones is 2. The molecule has 0 N–H and O–H groups in total. The van der Waals surface area contributed by atoms with Crippen LogP contribution in [0.25, 0.3) is 0 Å². The van der Waals surface area contributed by atoms with Crippen LogP contribution < -0.4 is 9.47 Å². The van der Waals surface area contributed by atoms with E-state index < -0.39 is 5.92 Å². The third-order valence-corrected chi connectivity index (χ3v) is 9.45. The van der Waals surface area contributed by atoms with Crippen molar-refractivity contribution in [2.45, 2.75) is 104 Å². The van der Waals surface area contributed by atoms with Gasteiger partial charge in [-0.25, -0.2) is 0 Å². The molecule has 0 saturated heterocycles. The molecule has 5 nitrogen and oxygen atoms in total. The molecule has 1 aromatic rings. The summed E-state index contributed by atoms with van der Waals surface area (Å²) in [5.74, 6) is 3.51. The predicted octanol–water partition coefficient (Wildman–Crippen LogP) is 7.88. The van der Waals surface area contributed by atoms with Crippen molar-refractivity contribution in [3.63, 3.8) is 0 Å². The highest BCUT2D eigenvalue weighted by Crippen LogP contribution is 2.56. The molecule has 0 amide bonds. The molecular formula is C34H42BrNO4. The second-order valence-electron chi connectivity index (χ2n) is 13.5. The molecule has 5 rings (SSSR count). The Balaban J connectivity index is 1.76. The second kappa shape index (κ2) is 11.0. The first-order valence-corrected chi connectivity index (χ1v) is 15.6. The molecule has 1 aliphatic heterocycles. The fourth-order valence-electron chi connectivity index (χ4n) is 7.38. The van der Waals surface area contributed by atoms with Crippen LogP contribution in [0.3, 0.4) is 0 Å². The molecule has 0 aromatic heterocycles. The summed E-state index contributed by atoms with van der Waals surface area (Å²) in [6.45, 7) is 11.3. The Morgan fingerprint density at radius 3 is 2.02 bits per heavy atom. The third-order valence-electron chi connectivity index (χ3n) is 8.86. The topological polar surface area (TPSA) is 55.8 Å². The number of carbonyl (C=O) groups is 2. The summed E-state index contributed by atoms with van der Waals surface area (Å²) in [4.78, 5) is 30.8. The van der Waals surface area contributed by atoms with E-state index in [1.54, 1.807) is 0 Å². The number of rotatable bonds is 6. The molecule has 0 atom stereocenters. The van der Waals surface area contributed by atoms with Gasteiger partial charge in [-0.05, 0) is 77.1 Å². The molecular weight excluding hydrogens is 566 g/mol. The van der Waals surface area contributed by atoms with Crippen molar-refractivity contribution in [1.82, 2.24) is 4.90 Å². The van der Waals surface area contributed by atoms with Gasteiger partial charge in [0.15, 0.2) is 23.1 Å². The SMILES string of the molecule is C#CCOc1c(Br)cc(C2C3=C(CC(C)(C)CC3=O)N(C3CCCCC3)C3=C2C(=O)CC(C)(C)C3)cc1OCC. The van der Waals surface area contributed by atoms with Crippen molar-refractivity contribution < 1.29 is 19.1 Å².